The number of halogens is 1. The molecular formula is C23H29FN2O6S. The number of likely N-dealkylation sites (tertiary alicyclic amines) is 1. The zero-order chi connectivity index (χ0) is 24.2. The molecule has 1 amide bonds. The minimum Gasteiger partial charge on any atom is -0.387 e. The average molecular weight is 481 g/mol. The van der Waals surface area contributed by atoms with Crippen LogP contribution < -0.4 is 5.32 Å². The Labute approximate surface area is 192 Å². The van der Waals surface area contributed by atoms with Gasteiger partial charge in [-0.2, -0.15) is 8.42 Å². The lowest BCUT2D eigenvalue weighted by molar-refractivity contribution is -0.116. The maximum absolute atomic E-state index is 13.5. The Bertz CT molecular complexity index is 1090. The van der Waals surface area contributed by atoms with Crippen LogP contribution in [-0.4, -0.2) is 59.9 Å². The second-order valence-electron chi connectivity index (χ2n) is 8.56. The second-order valence-corrected chi connectivity index (χ2v) is 10.0. The van der Waals surface area contributed by atoms with Gasteiger partial charge in [-0.25, -0.2) is 4.39 Å². The van der Waals surface area contributed by atoms with E-state index in [1.54, 1.807) is 12.1 Å². The van der Waals surface area contributed by atoms with Gasteiger partial charge < -0.3 is 20.4 Å². The number of aliphatic hydroxyl groups is 2. The number of nitrogens with zero attached hydrogens (tertiary/aromatic N) is 1. The van der Waals surface area contributed by atoms with Crippen LogP contribution in [0.1, 0.15) is 42.1 Å². The third kappa shape index (κ3) is 7.31. The number of amides is 1. The molecule has 2 heterocycles. The van der Waals surface area contributed by atoms with Gasteiger partial charge in [-0.15, -0.1) is 0 Å². The summed E-state index contributed by atoms with van der Waals surface area (Å²) in [5.41, 5.74) is 2.30. The molecule has 4 N–H and O–H groups in total. The molecule has 2 aromatic carbocycles. The van der Waals surface area contributed by atoms with E-state index in [4.69, 9.17) is 4.55 Å². The summed E-state index contributed by atoms with van der Waals surface area (Å²) >= 11 is 0. The first-order valence-corrected chi connectivity index (χ1v) is 12.5. The lowest BCUT2D eigenvalue weighted by atomic mass is 9.84. The molecule has 33 heavy (non-hydrogen) atoms. The Morgan fingerprint density at radius 1 is 1.15 bits per heavy atom. The van der Waals surface area contributed by atoms with Gasteiger partial charge in [0, 0.05) is 31.7 Å². The average Bonchev–Trinajstić information content (AvgIpc) is 2.74. The van der Waals surface area contributed by atoms with Gasteiger partial charge in [0.15, 0.2) is 0 Å². The SMILES string of the molecule is CS(=O)(=O)O.O=C1CCc2cc([C@H](O)CN3CCC(O)(c4cccc(F)c4)CC3)ccc2N1. The number of rotatable bonds is 4. The van der Waals surface area contributed by atoms with Crippen LogP contribution in [0, 0.1) is 5.82 Å². The summed E-state index contributed by atoms with van der Waals surface area (Å²) in [6.45, 7) is 1.74. The van der Waals surface area contributed by atoms with E-state index in [0.717, 1.165) is 16.8 Å². The number of piperidine rings is 1. The summed E-state index contributed by atoms with van der Waals surface area (Å²) in [5.74, 6) is -0.313. The molecule has 1 saturated heterocycles. The van der Waals surface area contributed by atoms with Gasteiger partial charge in [0.1, 0.15) is 5.82 Å². The van der Waals surface area contributed by atoms with Crippen LogP contribution in [0.3, 0.4) is 0 Å². The van der Waals surface area contributed by atoms with Crippen molar-refractivity contribution in [3.8, 4) is 0 Å². The minimum absolute atomic E-state index is 0.0277. The normalized spacial score (nSPS) is 19.0. The van der Waals surface area contributed by atoms with E-state index < -0.39 is 21.8 Å². The molecule has 0 radical (unpaired) electrons. The number of nitrogens with one attached hydrogen (secondary N) is 1. The van der Waals surface area contributed by atoms with Crippen LogP contribution in [0.2, 0.25) is 0 Å². The molecule has 0 bridgehead atoms. The van der Waals surface area contributed by atoms with Crippen molar-refractivity contribution in [2.24, 2.45) is 0 Å². The van der Waals surface area contributed by atoms with Gasteiger partial charge in [-0.1, -0.05) is 24.3 Å². The molecule has 2 aliphatic heterocycles. The molecule has 0 spiro atoms. The van der Waals surface area contributed by atoms with Crippen molar-refractivity contribution in [1.29, 1.82) is 0 Å². The first-order valence-electron chi connectivity index (χ1n) is 10.7. The van der Waals surface area contributed by atoms with E-state index in [1.807, 2.05) is 18.2 Å². The number of hydrogen-bond donors (Lipinski definition) is 4. The molecule has 0 unspecified atom stereocenters. The van der Waals surface area contributed by atoms with Crippen molar-refractivity contribution in [2.75, 3.05) is 31.2 Å². The van der Waals surface area contributed by atoms with Crippen molar-refractivity contribution in [1.82, 2.24) is 4.90 Å². The van der Waals surface area contributed by atoms with Crippen LogP contribution in [0.4, 0.5) is 10.1 Å². The van der Waals surface area contributed by atoms with Gasteiger partial charge in [0.05, 0.1) is 18.0 Å². The largest absolute Gasteiger partial charge is 0.387 e. The molecule has 2 aliphatic rings. The predicted molar refractivity (Wildman–Crippen MR) is 122 cm³/mol. The van der Waals surface area contributed by atoms with E-state index >= 15 is 0 Å². The molecule has 10 heteroatoms. The topological polar surface area (TPSA) is 127 Å². The Kier molecular flexibility index (Phi) is 7.86. The summed E-state index contributed by atoms with van der Waals surface area (Å²) in [7, 11) is -3.67. The maximum atomic E-state index is 13.5. The fourth-order valence-corrected chi connectivity index (χ4v) is 4.13. The van der Waals surface area contributed by atoms with Crippen molar-refractivity contribution in [3.05, 3.63) is 65.0 Å². The van der Waals surface area contributed by atoms with Crippen molar-refractivity contribution < 1.29 is 32.4 Å². The highest BCUT2D eigenvalue weighted by atomic mass is 32.2. The number of fused-ring (bicyclic) bond motifs is 1. The summed E-state index contributed by atoms with van der Waals surface area (Å²) in [6.07, 6.45) is 2.23. The number of aryl methyl sites for hydroxylation is 1. The van der Waals surface area contributed by atoms with Crippen LogP contribution >= 0.6 is 0 Å². The van der Waals surface area contributed by atoms with E-state index in [2.05, 4.69) is 10.2 Å². The molecule has 0 aliphatic carbocycles. The third-order valence-corrected chi connectivity index (χ3v) is 5.89. The van der Waals surface area contributed by atoms with Gasteiger partial charge in [-0.3, -0.25) is 9.35 Å². The number of benzene rings is 2. The lowest BCUT2D eigenvalue weighted by Crippen LogP contribution is -2.44. The number of β-amino-alcohol motifs (C(OH)–C–C–N with tert-alkyl or cyclic N) is 1. The highest BCUT2D eigenvalue weighted by Crippen LogP contribution is 2.34. The summed E-state index contributed by atoms with van der Waals surface area (Å²) in [5, 5.41) is 24.4. The Hall–Kier alpha value is -2.37. The molecule has 8 nitrogen and oxygen atoms in total. The number of carbonyl (C=O) groups excluding carboxylic acids is 1. The third-order valence-electron chi connectivity index (χ3n) is 5.89. The van der Waals surface area contributed by atoms with Gasteiger partial charge >= 0.3 is 0 Å². The summed E-state index contributed by atoms with van der Waals surface area (Å²) < 4.78 is 39.4. The molecule has 180 valence electrons. The monoisotopic (exact) mass is 480 g/mol. The maximum Gasteiger partial charge on any atom is 0.261 e. The van der Waals surface area contributed by atoms with Gasteiger partial charge in [0.25, 0.3) is 10.1 Å². The number of aliphatic hydroxyl groups excluding tert-OH is 1. The van der Waals surface area contributed by atoms with Crippen LogP contribution in [0.5, 0.6) is 0 Å². The van der Waals surface area contributed by atoms with Gasteiger partial charge in [0.2, 0.25) is 5.91 Å². The highest BCUT2D eigenvalue weighted by Gasteiger charge is 2.34. The molecule has 4 rings (SSSR count). The molecule has 0 saturated carbocycles. The second kappa shape index (κ2) is 10.3. The first kappa shape index (κ1) is 25.3. The van der Waals surface area contributed by atoms with E-state index in [-0.39, 0.29) is 11.7 Å². The fraction of sp³-hybridized carbons (Fsp3) is 0.435. The highest BCUT2D eigenvalue weighted by molar-refractivity contribution is 7.85. The van der Waals surface area contributed by atoms with Crippen molar-refractivity contribution in [3.63, 3.8) is 0 Å². The number of anilines is 1. The Balaban J connectivity index is 0.000000555. The zero-order valence-electron chi connectivity index (χ0n) is 18.4. The van der Waals surface area contributed by atoms with Gasteiger partial charge in [-0.05, 0) is 54.2 Å². The first-order chi connectivity index (χ1) is 15.4. The minimum atomic E-state index is -3.67. The fourth-order valence-electron chi connectivity index (χ4n) is 4.13. The van der Waals surface area contributed by atoms with E-state index in [1.165, 1.54) is 12.1 Å². The predicted octanol–water partition coefficient (Wildman–Crippen LogP) is 2.23. The van der Waals surface area contributed by atoms with Crippen molar-refractivity contribution >= 4 is 21.7 Å². The smallest absolute Gasteiger partial charge is 0.261 e. The van der Waals surface area contributed by atoms with E-state index in [9.17, 15) is 27.8 Å². The molecule has 0 aromatic heterocycles. The Morgan fingerprint density at radius 2 is 1.82 bits per heavy atom. The zero-order valence-corrected chi connectivity index (χ0v) is 19.2. The van der Waals surface area contributed by atoms with E-state index in [0.29, 0.717) is 57.1 Å². The molecule has 1 fully saturated rings. The molecular weight excluding hydrogens is 451 g/mol. The van der Waals surface area contributed by atoms with Crippen LogP contribution in [0.25, 0.3) is 0 Å². The standard InChI is InChI=1S/C22H25FN2O3.CH4O3S/c23-18-3-1-2-17(13-18)22(28)8-10-25(11-9-22)14-20(26)16-4-6-19-15(12-16)5-7-21(27)24-19;1-5(2,3)4/h1-4,6,12-13,20,26,28H,5,7-11,14H2,(H,24,27);1H3,(H,2,3,4)/t20-;/m1./s1. The number of carbonyl (C=O) groups is 1. The summed E-state index contributed by atoms with van der Waals surface area (Å²) in [4.78, 5) is 13.6. The Morgan fingerprint density at radius 3 is 2.45 bits per heavy atom. The molecule has 1 atom stereocenters. The summed E-state index contributed by atoms with van der Waals surface area (Å²) in [6, 6.07) is 11.8. The molecule has 2 aromatic rings. The lowest BCUT2D eigenvalue weighted by Gasteiger charge is -2.39. The quantitative estimate of drug-likeness (QED) is 0.494. The van der Waals surface area contributed by atoms with Crippen LogP contribution in [0.15, 0.2) is 42.5 Å². The number of hydrogen-bond acceptors (Lipinski definition) is 6. The van der Waals surface area contributed by atoms with Crippen molar-refractivity contribution in [2.45, 2.75) is 37.4 Å². The van der Waals surface area contributed by atoms with Crippen LogP contribution in [-0.2, 0) is 26.9 Å².